The quantitative estimate of drug-likeness (QED) is 0.721. The number of benzene rings is 1. The average Bonchev–Trinajstić information content (AvgIpc) is 3.00. The van der Waals surface area contributed by atoms with Gasteiger partial charge in [0.1, 0.15) is 17.7 Å². The molecule has 30 heavy (non-hydrogen) atoms. The number of nitrogens with one attached hydrogen (secondary N) is 2. The zero-order valence-electron chi connectivity index (χ0n) is 17.6. The number of imidazole rings is 1. The fourth-order valence-corrected chi connectivity index (χ4v) is 3.81. The normalized spacial score (nSPS) is 15.9. The van der Waals surface area contributed by atoms with Gasteiger partial charge in [0, 0.05) is 12.6 Å². The SMILES string of the molecule is CCCC(NC(=O)Cc1cc(F)cc(F)c1)C(=O)Nc1ncn2c1CCC(C)(C)C2. The molecule has 1 unspecified atom stereocenters. The molecule has 2 heterocycles. The zero-order valence-corrected chi connectivity index (χ0v) is 17.6. The van der Waals surface area contributed by atoms with E-state index in [1.54, 1.807) is 6.33 Å². The van der Waals surface area contributed by atoms with E-state index in [1.165, 1.54) is 0 Å². The van der Waals surface area contributed by atoms with E-state index in [9.17, 15) is 18.4 Å². The van der Waals surface area contributed by atoms with Crippen LogP contribution >= 0.6 is 0 Å². The molecule has 0 fully saturated rings. The van der Waals surface area contributed by atoms with Crippen molar-refractivity contribution in [3.05, 3.63) is 47.4 Å². The highest BCUT2D eigenvalue weighted by Crippen LogP contribution is 2.33. The molecule has 2 amide bonds. The highest BCUT2D eigenvalue weighted by atomic mass is 19.1. The van der Waals surface area contributed by atoms with Crippen LogP contribution < -0.4 is 10.6 Å². The lowest BCUT2D eigenvalue weighted by molar-refractivity contribution is -0.126. The van der Waals surface area contributed by atoms with Crippen LogP contribution in [0.5, 0.6) is 0 Å². The lowest BCUT2D eigenvalue weighted by Crippen LogP contribution is -2.44. The molecule has 1 aromatic carbocycles. The second kappa shape index (κ2) is 8.93. The van der Waals surface area contributed by atoms with Crippen molar-refractivity contribution in [1.29, 1.82) is 0 Å². The van der Waals surface area contributed by atoms with Crippen molar-refractivity contribution in [3.8, 4) is 0 Å². The van der Waals surface area contributed by atoms with Gasteiger partial charge in [-0.2, -0.15) is 0 Å². The lowest BCUT2D eigenvalue weighted by Gasteiger charge is -2.31. The predicted molar refractivity (Wildman–Crippen MR) is 110 cm³/mol. The topological polar surface area (TPSA) is 76.0 Å². The molecule has 1 aromatic heterocycles. The number of anilines is 1. The molecule has 2 aromatic rings. The zero-order chi connectivity index (χ0) is 21.9. The molecule has 0 saturated heterocycles. The molecule has 2 N–H and O–H groups in total. The summed E-state index contributed by atoms with van der Waals surface area (Å²) in [7, 11) is 0. The minimum atomic E-state index is -0.752. The highest BCUT2D eigenvalue weighted by Gasteiger charge is 2.29. The summed E-state index contributed by atoms with van der Waals surface area (Å²) < 4.78 is 28.7. The molecule has 8 heteroatoms. The summed E-state index contributed by atoms with van der Waals surface area (Å²) in [5.41, 5.74) is 1.38. The molecule has 1 aliphatic heterocycles. The Hall–Kier alpha value is -2.77. The Labute approximate surface area is 175 Å². The number of carbonyl (C=O) groups is 2. The van der Waals surface area contributed by atoms with E-state index in [1.807, 2.05) is 6.92 Å². The lowest BCUT2D eigenvalue weighted by atomic mass is 9.84. The molecule has 0 saturated carbocycles. The predicted octanol–water partition coefficient (Wildman–Crippen LogP) is 3.60. The smallest absolute Gasteiger partial charge is 0.248 e. The summed E-state index contributed by atoms with van der Waals surface area (Å²) in [4.78, 5) is 29.5. The monoisotopic (exact) mass is 418 g/mol. The first-order valence-corrected chi connectivity index (χ1v) is 10.3. The maximum absolute atomic E-state index is 13.3. The van der Waals surface area contributed by atoms with Gasteiger partial charge in [-0.25, -0.2) is 13.8 Å². The fourth-order valence-electron chi connectivity index (χ4n) is 3.81. The number of amides is 2. The van der Waals surface area contributed by atoms with Gasteiger partial charge in [0.15, 0.2) is 5.82 Å². The van der Waals surface area contributed by atoms with Gasteiger partial charge in [0.2, 0.25) is 11.8 Å². The molecule has 0 radical (unpaired) electrons. The number of nitrogens with zero attached hydrogens (tertiary/aromatic N) is 2. The molecule has 3 rings (SSSR count). The van der Waals surface area contributed by atoms with Crippen LogP contribution in [0.1, 0.15) is 51.3 Å². The van der Waals surface area contributed by atoms with Crippen molar-refractivity contribution < 1.29 is 18.4 Å². The van der Waals surface area contributed by atoms with Gasteiger partial charge in [0.05, 0.1) is 18.4 Å². The molecule has 0 bridgehead atoms. The molecule has 0 aliphatic carbocycles. The summed E-state index contributed by atoms with van der Waals surface area (Å²) in [5, 5.41) is 5.52. The van der Waals surface area contributed by atoms with Gasteiger partial charge in [-0.1, -0.05) is 27.2 Å². The van der Waals surface area contributed by atoms with Gasteiger partial charge in [-0.3, -0.25) is 9.59 Å². The van der Waals surface area contributed by atoms with E-state index >= 15 is 0 Å². The third-order valence-electron chi connectivity index (χ3n) is 5.34. The third-order valence-corrected chi connectivity index (χ3v) is 5.34. The minimum absolute atomic E-state index is 0.185. The Morgan fingerprint density at radius 2 is 1.93 bits per heavy atom. The van der Waals surface area contributed by atoms with Crippen LogP contribution in [0.2, 0.25) is 0 Å². The number of carbonyl (C=O) groups excluding carboxylic acids is 2. The Balaban J connectivity index is 1.65. The number of rotatable bonds is 7. The number of hydrogen-bond acceptors (Lipinski definition) is 3. The van der Waals surface area contributed by atoms with Crippen LogP contribution in [-0.4, -0.2) is 27.4 Å². The van der Waals surface area contributed by atoms with E-state index in [2.05, 4.69) is 34.0 Å². The van der Waals surface area contributed by atoms with Crippen molar-refractivity contribution in [3.63, 3.8) is 0 Å². The number of hydrogen-bond donors (Lipinski definition) is 2. The standard InChI is InChI=1S/C22H28F2N4O2/c1-4-5-17(26-19(29)10-14-8-15(23)11-16(24)9-14)21(30)27-20-18-6-7-22(2,3)12-28(18)13-25-20/h8-9,11,13,17H,4-7,10,12H2,1-3H3,(H,26,29)(H,27,30). The van der Waals surface area contributed by atoms with E-state index in [0.29, 0.717) is 18.7 Å². The molecule has 1 aliphatic rings. The molecule has 0 spiro atoms. The maximum atomic E-state index is 13.3. The van der Waals surface area contributed by atoms with Crippen LogP contribution in [0.3, 0.4) is 0 Å². The first-order chi connectivity index (χ1) is 14.2. The summed E-state index contributed by atoms with van der Waals surface area (Å²) in [6.45, 7) is 7.15. The van der Waals surface area contributed by atoms with Gasteiger partial charge < -0.3 is 15.2 Å². The first kappa shape index (κ1) is 21.9. The fraction of sp³-hybridized carbons (Fsp3) is 0.500. The van der Waals surface area contributed by atoms with Crippen LogP contribution in [0.4, 0.5) is 14.6 Å². The summed E-state index contributed by atoms with van der Waals surface area (Å²) in [6, 6.07) is 2.21. The molecule has 6 nitrogen and oxygen atoms in total. The second-order valence-electron chi connectivity index (χ2n) is 8.68. The van der Waals surface area contributed by atoms with Crippen molar-refractivity contribution in [1.82, 2.24) is 14.9 Å². The van der Waals surface area contributed by atoms with Crippen molar-refractivity contribution in [2.45, 2.75) is 65.5 Å². The number of aromatic nitrogens is 2. The molecule has 162 valence electrons. The average molecular weight is 418 g/mol. The van der Waals surface area contributed by atoms with Gasteiger partial charge in [-0.05, 0) is 42.4 Å². The van der Waals surface area contributed by atoms with E-state index in [4.69, 9.17) is 0 Å². The Kier molecular flexibility index (Phi) is 6.53. The minimum Gasteiger partial charge on any atom is -0.344 e. The van der Waals surface area contributed by atoms with E-state index < -0.39 is 23.6 Å². The number of fused-ring (bicyclic) bond motifs is 1. The molecule has 1 atom stereocenters. The van der Waals surface area contributed by atoms with E-state index in [-0.39, 0.29) is 23.3 Å². The first-order valence-electron chi connectivity index (χ1n) is 10.3. The largest absolute Gasteiger partial charge is 0.344 e. The Bertz CT molecular complexity index is 919. The summed E-state index contributed by atoms with van der Waals surface area (Å²) in [5.74, 6) is -1.77. The van der Waals surface area contributed by atoms with Crippen molar-refractivity contribution >= 4 is 17.6 Å². The van der Waals surface area contributed by atoms with Crippen LogP contribution in [0.15, 0.2) is 24.5 Å². The van der Waals surface area contributed by atoms with Crippen LogP contribution in [0, 0.1) is 17.0 Å². The summed E-state index contributed by atoms with van der Waals surface area (Å²) in [6.07, 6.45) is 4.47. The van der Waals surface area contributed by atoms with Gasteiger partial charge in [-0.15, -0.1) is 0 Å². The van der Waals surface area contributed by atoms with Gasteiger partial charge in [0.25, 0.3) is 0 Å². The Morgan fingerprint density at radius 1 is 1.23 bits per heavy atom. The summed E-state index contributed by atoms with van der Waals surface area (Å²) >= 11 is 0. The highest BCUT2D eigenvalue weighted by molar-refractivity contribution is 5.97. The van der Waals surface area contributed by atoms with Gasteiger partial charge >= 0.3 is 0 Å². The second-order valence-corrected chi connectivity index (χ2v) is 8.68. The number of halogens is 2. The van der Waals surface area contributed by atoms with Crippen molar-refractivity contribution in [2.24, 2.45) is 5.41 Å². The maximum Gasteiger partial charge on any atom is 0.248 e. The third kappa shape index (κ3) is 5.43. The molecular weight excluding hydrogens is 390 g/mol. The van der Waals surface area contributed by atoms with E-state index in [0.717, 1.165) is 43.3 Å². The van der Waals surface area contributed by atoms with Crippen LogP contribution in [-0.2, 0) is 29.0 Å². The molecular formula is C22H28F2N4O2. The van der Waals surface area contributed by atoms with Crippen LogP contribution in [0.25, 0.3) is 0 Å². The van der Waals surface area contributed by atoms with Crippen molar-refractivity contribution in [2.75, 3.05) is 5.32 Å². The Morgan fingerprint density at radius 3 is 2.60 bits per heavy atom.